The van der Waals surface area contributed by atoms with Gasteiger partial charge in [0.2, 0.25) is 11.8 Å². The largest absolute Gasteiger partial charge is 0.497 e. The van der Waals surface area contributed by atoms with E-state index < -0.39 is 12.1 Å². The monoisotopic (exact) mass is 431 g/mol. The summed E-state index contributed by atoms with van der Waals surface area (Å²) in [6.45, 7) is 0.137. The Labute approximate surface area is 185 Å². The predicted octanol–water partition coefficient (Wildman–Crippen LogP) is 3.03. The molecule has 7 nitrogen and oxygen atoms in total. The van der Waals surface area contributed by atoms with Gasteiger partial charge >= 0.3 is 0 Å². The highest BCUT2D eigenvalue weighted by molar-refractivity contribution is 5.98. The van der Waals surface area contributed by atoms with Gasteiger partial charge in [-0.3, -0.25) is 9.59 Å². The number of hydrogen-bond donors (Lipinski definition) is 1. The van der Waals surface area contributed by atoms with E-state index in [2.05, 4.69) is 11.1 Å². The lowest BCUT2D eigenvalue weighted by atomic mass is 9.85. The first-order valence-electron chi connectivity index (χ1n) is 11.0. The summed E-state index contributed by atoms with van der Waals surface area (Å²) >= 11 is 0. The quantitative estimate of drug-likeness (QED) is 0.689. The third-order valence-corrected chi connectivity index (χ3v) is 7.01. The van der Waals surface area contributed by atoms with Crippen molar-refractivity contribution in [1.29, 1.82) is 0 Å². The van der Waals surface area contributed by atoms with E-state index in [9.17, 15) is 9.59 Å². The van der Waals surface area contributed by atoms with Crippen LogP contribution in [0.1, 0.15) is 35.7 Å². The molecule has 1 saturated carbocycles. The number of nitrogens with one attached hydrogen (secondary N) is 1. The van der Waals surface area contributed by atoms with Gasteiger partial charge < -0.3 is 24.3 Å². The number of H-pyrrole nitrogens is 1. The Kier molecular flexibility index (Phi) is 4.22. The normalized spacial score (nSPS) is 22.7. The molecule has 1 N–H and O–H groups in total. The van der Waals surface area contributed by atoms with E-state index in [4.69, 9.17) is 9.47 Å². The van der Waals surface area contributed by atoms with Crippen molar-refractivity contribution >= 4 is 22.7 Å². The molecular formula is C25H25N3O4. The second-order valence-electron chi connectivity index (χ2n) is 8.79. The molecule has 3 heterocycles. The fraction of sp³-hybridized carbons (Fsp3) is 0.360. The minimum Gasteiger partial charge on any atom is -0.497 e. The predicted molar refractivity (Wildman–Crippen MR) is 119 cm³/mol. The van der Waals surface area contributed by atoms with E-state index in [0.29, 0.717) is 17.9 Å². The van der Waals surface area contributed by atoms with E-state index in [1.54, 1.807) is 24.0 Å². The van der Waals surface area contributed by atoms with Crippen LogP contribution in [0.5, 0.6) is 11.5 Å². The SMILES string of the molecule is COc1ccc(OC)c([C@@H]2c3[nH]c4ccccc4c3C[C@H]3C(=O)N(C4CC4)CC(=O)N23)c1. The van der Waals surface area contributed by atoms with Crippen molar-refractivity contribution in [3.8, 4) is 11.5 Å². The summed E-state index contributed by atoms with van der Waals surface area (Å²) in [6, 6.07) is 12.9. The van der Waals surface area contributed by atoms with Crippen LogP contribution in [-0.2, 0) is 16.0 Å². The summed E-state index contributed by atoms with van der Waals surface area (Å²) in [6.07, 6.45) is 2.48. The number of amides is 2. The van der Waals surface area contributed by atoms with Crippen molar-refractivity contribution in [3.05, 3.63) is 59.3 Å². The third-order valence-electron chi connectivity index (χ3n) is 7.01. The first kappa shape index (κ1) is 19.2. The molecule has 1 saturated heterocycles. The maximum absolute atomic E-state index is 13.6. The summed E-state index contributed by atoms with van der Waals surface area (Å²) in [5, 5.41) is 1.10. The van der Waals surface area contributed by atoms with Crippen molar-refractivity contribution in [1.82, 2.24) is 14.8 Å². The number of methoxy groups -OCH3 is 2. The van der Waals surface area contributed by atoms with E-state index in [1.165, 1.54) is 0 Å². The topological polar surface area (TPSA) is 74.9 Å². The molecule has 0 bridgehead atoms. The van der Waals surface area contributed by atoms with Crippen LogP contribution in [0.15, 0.2) is 42.5 Å². The maximum atomic E-state index is 13.6. The van der Waals surface area contributed by atoms with E-state index in [1.807, 2.05) is 36.4 Å². The summed E-state index contributed by atoms with van der Waals surface area (Å²) in [4.78, 5) is 34.2. The summed E-state index contributed by atoms with van der Waals surface area (Å²) in [5.74, 6) is 1.36. The smallest absolute Gasteiger partial charge is 0.246 e. The number of aromatic amines is 1. The molecule has 2 amide bonds. The minimum absolute atomic E-state index is 0.0271. The Morgan fingerprint density at radius 3 is 2.59 bits per heavy atom. The minimum atomic E-state index is -0.524. The van der Waals surface area contributed by atoms with Crippen LogP contribution >= 0.6 is 0 Å². The fourth-order valence-electron chi connectivity index (χ4n) is 5.36. The molecule has 6 rings (SSSR count). The van der Waals surface area contributed by atoms with E-state index in [0.717, 1.165) is 40.6 Å². The highest BCUT2D eigenvalue weighted by Gasteiger charge is 2.51. The van der Waals surface area contributed by atoms with Gasteiger partial charge in [-0.05, 0) is 42.7 Å². The van der Waals surface area contributed by atoms with Crippen LogP contribution in [0, 0.1) is 0 Å². The van der Waals surface area contributed by atoms with Crippen LogP contribution in [0.2, 0.25) is 0 Å². The molecule has 1 aliphatic carbocycles. The number of carbonyl (C=O) groups excluding carboxylic acids is 2. The molecule has 32 heavy (non-hydrogen) atoms. The molecule has 164 valence electrons. The standard InChI is InChI=1S/C25H25N3O4/c1-31-15-9-10-21(32-2)18(11-15)24-23-17(16-5-3-4-6-19(16)26-23)12-20-25(30)27(14-7-8-14)13-22(29)28(20)24/h3-6,9-11,14,20,24,26H,7-8,12-13H2,1-2H3/t20-,24+/m0/s1. The number of hydrogen-bond acceptors (Lipinski definition) is 4. The van der Waals surface area contributed by atoms with Crippen molar-refractivity contribution in [3.63, 3.8) is 0 Å². The lowest BCUT2D eigenvalue weighted by molar-refractivity contribution is -0.159. The van der Waals surface area contributed by atoms with Gasteiger partial charge in [0.1, 0.15) is 30.1 Å². The van der Waals surface area contributed by atoms with Crippen molar-refractivity contribution < 1.29 is 19.1 Å². The number of fused-ring (bicyclic) bond motifs is 4. The Morgan fingerprint density at radius 2 is 1.84 bits per heavy atom. The first-order valence-corrected chi connectivity index (χ1v) is 11.0. The van der Waals surface area contributed by atoms with Gasteiger partial charge in [-0.15, -0.1) is 0 Å². The molecule has 2 fully saturated rings. The summed E-state index contributed by atoms with van der Waals surface area (Å²) < 4.78 is 11.2. The second-order valence-corrected chi connectivity index (χ2v) is 8.79. The molecule has 2 atom stereocenters. The number of ether oxygens (including phenoxy) is 2. The third kappa shape index (κ3) is 2.73. The van der Waals surface area contributed by atoms with Gasteiger partial charge in [0.15, 0.2) is 0 Å². The molecule has 0 unspecified atom stereocenters. The van der Waals surface area contributed by atoms with Gasteiger partial charge in [0, 0.05) is 34.6 Å². The van der Waals surface area contributed by atoms with E-state index >= 15 is 0 Å². The molecular weight excluding hydrogens is 406 g/mol. The van der Waals surface area contributed by atoms with Crippen LogP contribution in [0.4, 0.5) is 0 Å². The first-order chi connectivity index (χ1) is 15.6. The number of nitrogens with zero attached hydrogens (tertiary/aromatic N) is 2. The number of piperazine rings is 1. The highest BCUT2D eigenvalue weighted by Crippen LogP contribution is 2.46. The Bertz CT molecular complexity index is 1250. The molecule has 3 aromatic rings. The second kappa shape index (κ2) is 7.02. The average Bonchev–Trinajstić information content (AvgIpc) is 3.60. The Morgan fingerprint density at radius 1 is 1.03 bits per heavy atom. The summed E-state index contributed by atoms with van der Waals surface area (Å²) in [5.41, 5.74) is 3.85. The fourth-order valence-corrected chi connectivity index (χ4v) is 5.36. The molecule has 2 aliphatic heterocycles. The Balaban J connectivity index is 1.58. The lowest BCUT2D eigenvalue weighted by Crippen LogP contribution is -2.63. The average molecular weight is 431 g/mol. The molecule has 0 radical (unpaired) electrons. The van der Waals surface area contributed by atoms with Gasteiger partial charge in [-0.25, -0.2) is 0 Å². The Hall–Kier alpha value is -3.48. The molecule has 1 aromatic heterocycles. The lowest BCUT2D eigenvalue weighted by Gasteiger charge is -2.47. The maximum Gasteiger partial charge on any atom is 0.246 e. The van der Waals surface area contributed by atoms with Crippen LogP contribution in [0.25, 0.3) is 10.9 Å². The van der Waals surface area contributed by atoms with Gasteiger partial charge in [0.25, 0.3) is 0 Å². The zero-order valence-corrected chi connectivity index (χ0v) is 18.1. The van der Waals surface area contributed by atoms with Crippen LogP contribution < -0.4 is 9.47 Å². The van der Waals surface area contributed by atoms with E-state index in [-0.39, 0.29) is 24.4 Å². The number of aromatic nitrogens is 1. The van der Waals surface area contributed by atoms with Gasteiger partial charge in [0.05, 0.1) is 14.2 Å². The van der Waals surface area contributed by atoms with Crippen molar-refractivity contribution in [2.24, 2.45) is 0 Å². The number of carbonyl (C=O) groups is 2. The molecule has 7 heteroatoms. The van der Waals surface area contributed by atoms with Gasteiger partial charge in [-0.1, -0.05) is 18.2 Å². The van der Waals surface area contributed by atoms with Gasteiger partial charge in [-0.2, -0.15) is 0 Å². The van der Waals surface area contributed by atoms with Crippen molar-refractivity contribution in [2.45, 2.75) is 37.4 Å². The highest BCUT2D eigenvalue weighted by atomic mass is 16.5. The van der Waals surface area contributed by atoms with Crippen LogP contribution in [0.3, 0.4) is 0 Å². The van der Waals surface area contributed by atoms with Crippen LogP contribution in [-0.4, -0.2) is 59.4 Å². The zero-order chi connectivity index (χ0) is 22.0. The number of rotatable bonds is 4. The van der Waals surface area contributed by atoms with Crippen molar-refractivity contribution in [2.75, 3.05) is 20.8 Å². The summed E-state index contributed by atoms with van der Waals surface area (Å²) in [7, 11) is 3.24. The number of para-hydroxylation sites is 1. The number of benzene rings is 2. The molecule has 3 aliphatic rings. The zero-order valence-electron chi connectivity index (χ0n) is 18.1. The molecule has 2 aromatic carbocycles. The molecule has 0 spiro atoms.